The van der Waals surface area contributed by atoms with Gasteiger partial charge in [0.05, 0.1) is 11.4 Å². The van der Waals surface area contributed by atoms with Gasteiger partial charge >= 0.3 is 0 Å². The van der Waals surface area contributed by atoms with Gasteiger partial charge in [-0.3, -0.25) is 0 Å². The molecule has 0 saturated heterocycles. The second kappa shape index (κ2) is 5.70. The Morgan fingerprint density at radius 3 is 2.75 bits per heavy atom. The maximum Gasteiger partial charge on any atom is 0.0790 e. The third-order valence-corrected chi connectivity index (χ3v) is 4.58. The summed E-state index contributed by atoms with van der Waals surface area (Å²) in [5, 5.41) is 8.29. The van der Waals surface area contributed by atoms with E-state index in [1.54, 1.807) is 0 Å². The molecule has 4 heteroatoms. The van der Waals surface area contributed by atoms with Gasteiger partial charge in [0, 0.05) is 16.2 Å². The van der Waals surface area contributed by atoms with Crippen molar-refractivity contribution in [2.75, 3.05) is 6.54 Å². The molecule has 0 unspecified atom stereocenters. The van der Waals surface area contributed by atoms with Crippen LogP contribution in [0, 0.1) is 13.8 Å². The zero-order chi connectivity index (χ0) is 14.1. The molecule has 0 radical (unpaired) electrons. The smallest absolute Gasteiger partial charge is 0.0790 e. The summed E-state index contributed by atoms with van der Waals surface area (Å²) < 4.78 is 3.12. The number of hydrogen-bond donors (Lipinski definition) is 1. The Morgan fingerprint density at radius 1 is 1.30 bits per heavy atom. The maximum absolute atomic E-state index is 4.71. The van der Waals surface area contributed by atoms with Crippen LogP contribution in [0.4, 0.5) is 0 Å². The van der Waals surface area contributed by atoms with Gasteiger partial charge in [-0.2, -0.15) is 5.10 Å². The molecule has 0 amide bonds. The Labute approximate surface area is 128 Å². The average molecular weight is 334 g/mol. The molecule has 1 aliphatic carbocycles. The van der Waals surface area contributed by atoms with Crippen LogP contribution in [0.25, 0.3) is 5.69 Å². The number of nitrogens with zero attached hydrogens (tertiary/aromatic N) is 2. The first kappa shape index (κ1) is 13.8. The Bertz CT molecular complexity index is 614. The number of benzene rings is 1. The third kappa shape index (κ3) is 2.81. The lowest BCUT2D eigenvalue weighted by Gasteiger charge is -2.08. The summed E-state index contributed by atoms with van der Waals surface area (Å²) in [6.07, 6.45) is 3.74. The second-order valence-electron chi connectivity index (χ2n) is 5.49. The monoisotopic (exact) mass is 333 g/mol. The second-order valence-corrected chi connectivity index (χ2v) is 6.35. The largest absolute Gasteiger partial charge is 0.314 e. The molecule has 1 heterocycles. The Kier molecular flexibility index (Phi) is 3.94. The molecule has 1 aliphatic rings. The van der Waals surface area contributed by atoms with Crippen molar-refractivity contribution in [3.8, 4) is 5.69 Å². The molecule has 1 aromatic carbocycles. The van der Waals surface area contributed by atoms with E-state index in [0.717, 1.165) is 34.9 Å². The molecule has 3 nitrogen and oxygen atoms in total. The first-order chi connectivity index (χ1) is 9.66. The van der Waals surface area contributed by atoms with Gasteiger partial charge in [0.15, 0.2) is 0 Å². The average Bonchev–Trinajstić information content (AvgIpc) is 3.21. The van der Waals surface area contributed by atoms with E-state index in [0.29, 0.717) is 0 Å². The van der Waals surface area contributed by atoms with E-state index in [2.05, 4.69) is 47.2 Å². The molecule has 106 valence electrons. The molecule has 0 aliphatic heterocycles. The zero-order valence-electron chi connectivity index (χ0n) is 12.0. The number of para-hydroxylation sites is 1. The SMILES string of the molecule is Cc1nn(-c2ccccc2Br)c(C)c1CCNC1CC1. The normalized spacial score (nSPS) is 14.8. The molecule has 0 bridgehead atoms. The molecule has 2 aromatic rings. The number of nitrogens with one attached hydrogen (secondary N) is 1. The number of halogens is 1. The lowest BCUT2D eigenvalue weighted by Crippen LogP contribution is -2.19. The van der Waals surface area contributed by atoms with E-state index in [1.165, 1.54) is 24.1 Å². The van der Waals surface area contributed by atoms with Gasteiger partial charge in [-0.05, 0) is 73.3 Å². The van der Waals surface area contributed by atoms with Crippen molar-refractivity contribution < 1.29 is 0 Å². The van der Waals surface area contributed by atoms with Crippen LogP contribution in [0.5, 0.6) is 0 Å². The van der Waals surface area contributed by atoms with E-state index in [9.17, 15) is 0 Å². The van der Waals surface area contributed by atoms with Crippen molar-refractivity contribution in [2.24, 2.45) is 0 Å². The van der Waals surface area contributed by atoms with Crippen LogP contribution >= 0.6 is 15.9 Å². The van der Waals surface area contributed by atoms with E-state index in [1.807, 2.05) is 16.8 Å². The van der Waals surface area contributed by atoms with Gasteiger partial charge in [-0.25, -0.2) is 4.68 Å². The molecular weight excluding hydrogens is 314 g/mol. The Morgan fingerprint density at radius 2 is 2.05 bits per heavy atom. The molecule has 3 rings (SSSR count). The van der Waals surface area contributed by atoms with Crippen molar-refractivity contribution in [1.82, 2.24) is 15.1 Å². The van der Waals surface area contributed by atoms with Crippen LogP contribution in [0.1, 0.15) is 29.8 Å². The van der Waals surface area contributed by atoms with Gasteiger partial charge in [0.2, 0.25) is 0 Å². The Hall–Kier alpha value is -1.13. The van der Waals surface area contributed by atoms with E-state index < -0.39 is 0 Å². The standard InChI is InChI=1S/C16H20BrN3/c1-11-14(9-10-18-13-7-8-13)12(2)20(19-11)16-6-4-3-5-15(16)17/h3-6,13,18H,7-10H2,1-2H3. The van der Waals surface area contributed by atoms with E-state index in [4.69, 9.17) is 5.10 Å². The fraction of sp³-hybridized carbons (Fsp3) is 0.438. The lowest BCUT2D eigenvalue weighted by atomic mass is 10.1. The predicted molar refractivity (Wildman–Crippen MR) is 85.5 cm³/mol. The minimum Gasteiger partial charge on any atom is -0.314 e. The fourth-order valence-electron chi connectivity index (χ4n) is 2.58. The molecule has 1 N–H and O–H groups in total. The van der Waals surface area contributed by atoms with Crippen LogP contribution in [-0.4, -0.2) is 22.4 Å². The topological polar surface area (TPSA) is 29.9 Å². The lowest BCUT2D eigenvalue weighted by molar-refractivity contribution is 0.679. The van der Waals surface area contributed by atoms with Crippen molar-refractivity contribution >= 4 is 15.9 Å². The molecule has 0 atom stereocenters. The number of rotatable bonds is 5. The van der Waals surface area contributed by atoms with Crippen molar-refractivity contribution in [3.05, 3.63) is 45.7 Å². The molecule has 20 heavy (non-hydrogen) atoms. The van der Waals surface area contributed by atoms with Crippen LogP contribution in [0.15, 0.2) is 28.7 Å². The van der Waals surface area contributed by atoms with E-state index >= 15 is 0 Å². The van der Waals surface area contributed by atoms with Crippen LogP contribution in [0.3, 0.4) is 0 Å². The van der Waals surface area contributed by atoms with Gasteiger partial charge < -0.3 is 5.32 Å². The third-order valence-electron chi connectivity index (χ3n) is 3.91. The highest BCUT2D eigenvalue weighted by atomic mass is 79.9. The van der Waals surface area contributed by atoms with E-state index in [-0.39, 0.29) is 0 Å². The van der Waals surface area contributed by atoms with Gasteiger partial charge in [0.25, 0.3) is 0 Å². The maximum atomic E-state index is 4.71. The summed E-state index contributed by atoms with van der Waals surface area (Å²) in [5.74, 6) is 0. The first-order valence-electron chi connectivity index (χ1n) is 7.20. The quantitative estimate of drug-likeness (QED) is 0.906. The van der Waals surface area contributed by atoms with Crippen molar-refractivity contribution in [1.29, 1.82) is 0 Å². The number of hydrogen-bond acceptors (Lipinski definition) is 2. The van der Waals surface area contributed by atoms with Crippen LogP contribution in [0.2, 0.25) is 0 Å². The summed E-state index contributed by atoms with van der Waals surface area (Å²) in [5.41, 5.74) is 4.85. The Balaban J connectivity index is 1.83. The summed E-state index contributed by atoms with van der Waals surface area (Å²) in [6, 6.07) is 8.99. The number of aromatic nitrogens is 2. The minimum absolute atomic E-state index is 0.772. The summed E-state index contributed by atoms with van der Waals surface area (Å²) >= 11 is 3.61. The van der Waals surface area contributed by atoms with Crippen molar-refractivity contribution in [3.63, 3.8) is 0 Å². The van der Waals surface area contributed by atoms with Crippen LogP contribution < -0.4 is 5.32 Å². The minimum atomic E-state index is 0.772. The van der Waals surface area contributed by atoms with Gasteiger partial charge in [-0.15, -0.1) is 0 Å². The highest BCUT2D eigenvalue weighted by Crippen LogP contribution is 2.24. The summed E-state index contributed by atoms with van der Waals surface area (Å²) in [7, 11) is 0. The van der Waals surface area contributed by atoms with Gasteiger partial charge in [-0.1, -0.05) is 12.1 Å². The zero-order valence-corrected chi connectivity index (χ0v) is 13.6. The highest BCUT2D eigenvalue weighted by molar-refractivity contribution is 9.10. The predicted octanol–water partition coefficient (Wildman–Crippen LogP) is 3.55. The van der Waals surface area contributed by atoms with Crippen LogP contribution in [-0.2, 0) is 6.42 Å². The molecule has 1 fully saturated rings. The summed E-state index contributed by atoms with van der Waals surface area (Å²) in [4.78, 5) is 0. The molecular formula is C16H20BrN3. The molecule has 1 saturated carbocycles. The highest BCUT2D eigenvalue weighted by Gasteiger charge is 2.20. The molecule has 0 spiro atoms. The number of aryl methyl sites for hydroxylation is 1. The molecule has 1 aromatic heterocycles. The van der Waals surface area contributed by atoms with Gasteiger partial charge in [0.1, 0.15) is 0 Å². The summed E-state index contributed by atoms with van der Waals surface area (Å²) in [6.45, 7) is 5.31. The fourth-order valence-corrected chi connectivity index (χ4v) is 3.04. The first-order valence-corrected chi connectivity index (χ1v) is 7.99. The van der Waals surface area contributed by atoms with Crippen molar-refractivity contribution in [2.45, 2.75) is 39.2 Å².